The van der Waals surface area contributed by atoms with Gasteiger partial charge < -0.3 is 15.1 Å². The molecule has 190 valence electrons. The van der Waals surface area contributed by atoms with Gasteiger partial charge in [0.2, 0.25) is 11.8 Å². The first-order valence-electron chi connectivity index (χ1n) is 13.3. The minimum atomic E-state index is -0.931. The first-order valence-corrected chi connectivity index (χ1v) is 13.3. The fourth-order valence-corrected chi connectivity index (χ4v) is 6.95. The van der Waals surface area contributed by atoms with Crippen LogP contribution in [0.4, 0.5) is 5.69 Å². The Morgan fingerprint density at radius 1 is 1.08 bits per heavy atom. The lowest BCUT2D eigenvalue weighted by Gasteiger charge is -2.38. The number of para-hydroxylation sites is 1. The molecule has 1 aromatic carbocycles. The number of nitrogens with one attached hydrogen (secondary N) is 1. The van der Waals surface area contributed by atoms with Gasteiger partial charge in [0, 0.05) is 68.8 Å². The number of fused-ring (bicyclic) bond motifs is 4. The Hall–Kier alpha value is -3.20. The van der Waals surface area contributed by atoms with Gasteiger partial charge in [0.15, 0.2) is 0 Å². The van der Waals surface area contributed by atoms with Crippen LogP contribution in [0.3, 0.4) is 0 Å². The molecule has 0 aliphatic carbocycles. The standard InChI is InChI=1S/C27H34N6O3/c34-24(10-4-14-31-15-6-12-29-31)30-13-5-11-28-25(35)22-19-20-7-3-16-33(20)27(22)21-8-1-2-9-23(21)32(18-17-30)26(27)36/h1-2,6,8-9,12,15,20,22H,3-5,7,10-11,13-14,16-19H2,(H,28,35)/t20-,22-,27+/m0/s1. The second-order valence-electron chi connectivity index (χ2n) is 10.4. The number of benzene rings is 1. The Balaban J connectivity index is 1.27. The zero-order valence-corrected chi connectivity index (χ0v) is 20.6. The molecule has 9 nitrogen and oxygen atoms in total. The van der Waals surface area contributed by atoms with Crippen molar-refractivity contribution in [3.05, 3.63) is 48.3 Å². The van der Waals surface area contributed by atoms with Crippen LogP contribution in [0.15, 0.2) is 42.7 Å². The third-order valence-corrected chi connectivity index (χ3v) is 8.52. The summed E-state index contributed by atoms with van der Waals surface area (Å²) in [5.74, 6) is -0.341. The van der Waals surface area contributed by atoms with Crippen molar-refractivity contribution in [2.45, 2.75) is 56.7 Å². The zero-order valence-electron chi connectivity index (χ0n) is 20.6. The van der Waals surface area contributed by atoms with Crippen LogP contribution in [0.25, 0.3) is 0 Å². The van der Waals surface area contributed by atoms with Gasteiger partial charge in [-0.25, -0.2) is 0 Å². The number of carbonyl (C=O) groups is 3. The van der Waals surface area contributed by atoms with E-state index in [1.165, 1.54) is 0 Å². The minimum Gasteiger partial charge on any atom is -0.356 e. The highest BCUT2D eigenvalue weighted by molar-refractivity contribution is 6.11. The van der Waals surface area contributed by atoms with Gasteiger partial charge in [-0.2, -0.15) is 5.10 Å². The van der Waals surface area contributed by atoms with Gasteiger partial charge in [-0.1, -0.05) is 18.2 Å². The maximum absolute atomic E-state index is 14.3. The average Bonchev–Trinajstić information content (AvgIpc) is 3.65. The summed E-state index contributed by atoms with van der Waals surface area (Å²) in [6, 6.07) is 10.1. The maximum Gasteiger partial charge on any atom is 0.253 e. The Morgan fingerprint density at radius 3 is 2.83 bits per heavy atom. The van der Waals surface area contributed by atoms with Crippen LogP contribution in [-0.2, 0) is 26.5 Å². The monoisotopic (exact) mass is 490 g/mol. The molecule has 1 N–H and O–H groups in total. The molecule has 2 bridgehead atoms. The molecule has 2 aromatic rings. The number of carbonyl (C=O) groups excluding carboxylic acids is 3. The van der Waals surface area contributed by atoms with E-state index in [1.54, 1.807) is 6.20 Å². The molecule has 5 heterocycles. The first-order chi connectivity index (χ1) is 17.6. The van der Waals surface area contributed by atoms with Crippen molar-refractivity contribution in [2.75, 3.05) is 37.6 Å². The molecule has 3 atom stereocenters. The number of hydrogen-bond donors (Lipinski definition) is 1. The molecule has 4 aliphatic rings. The summed E-state index contributed by atoms with van der Waals surface area (Å²) in [4.78, 5) is 47.1. The Morgan fingerprint density at radius 2 is 1.97 bits per heavy atom. The predicted molar refractivity (Wildman–Crippen MR) is 134 cm³/mol. The second-order valence-corrected chi connectivity index (χ2v) is 10.4. The molecule has 1 spiro atoms. The lowest BCUT2D eigenvalue weighted by atomic mass is 9.78. The third-order valence-electron chi connectivity index (χ3n) is 8.52. The van der Waals surface area contributed by atoms with Crippen molar-refractivity contribution in [1.29, 1.82) is 0 Å². The Bertz CT molecular complexity index is 1150. The lowest BCUT2D eigenvalue weighted by molar-refractivity contribution is -0.139. The molecular formula is C27H34N6O3. The zero-order chi connectivity index (χ0) is 24.7. The van der Waals surface area contributed by atoms with E-state index < -0.39 is 5.54 Å². The van der Waals surface area contributed by atoms with Crippen LogP contribution < -0.4 is 10.2 Å². The molecule has 0 saturated carbocycles. The van der Waals surface area contributed by atoms with E-state index >= 15 is 0 Å². The lowest BCUT2D eigenvalue weighted by Crippen LogP contribution is -2.57. The van der Waals surface area contributed by atoms with Crippen LogP contribution in [0.5, 0.6) is 0 Å². The molecular weight excluding hydrogens is 456 g/mol. The number of anilines is 1. The summed E-state index contributed by atoms with van der Waals surface area (Å²) >= 11 is 0. The molecule has 3 amide bonds. The van der Waals surface area contributed by atoms with E-state index in [1.807, 2.05) is 51.0 Å². The highest BCUT2D eigenvalue weighted by atomic mass is 16.2. The summed E-state index contributed by atoms with van der Waals surface area (Å²) in [5.41, 5.74) is 0.911. The quantitative estimate of drug-likeness (QED) is 0.705. The fraction of sp³-hybridized carbons (Fsp3) is 0.556. The van der Waals surface area contributed by atoms with E-state index in [2.05, 4.69) is 15.3 Å². The van der Waals surface area contributed by atoms with Crippen LogP contribution in [0.2, 0.25) is 0 Å². The van der Waals surface area contributed by atoms with Gasteiger partial charge in [0.25, 0.3) is 5.91 Å². The summed E-state index contributed by atoms with van der Waals surface area (Å²) in [5, 5.41) is 7.34. The summed E-state index contributed by atoms with van der Waals surface area (Å²) < 4.78 is 1.84. The second kappa shape index (κ2) is 9.35. The molecule has 0 unspecified atom stereocenters. The largest absolute Gasteiger partial charge is 0.356 e. The number of aryl methyl sites for hydroxylation is 1. The van der Waals surface area contributed by atoms with Crippen molar-refractivity contribution in [3.8, 4) is 0 Å². The van der Waals surface area contributed by atoms with Crippen molar-refractivity contribution in [1.82, 2.24) is 24.9 Å². The molecule has 1 aromatic heterocycles. The Kier molecular flexibility index (Phi) is 6.03. The van der Waals surface area contributed by atoms with Gasteiger partial charge >= 0.3 is 0 Å². The highest BCUT2D eigenvalue weighted by Gasteiger charge is 2.67. The smallest absolute Gasteiger partial charge is 0.253 e. The van der Waals surface area contributed by atoms with Gasteiger partial charge in [0.05, 0.1) is 5.92 Å². The molecule has 4 aliphatic heterocycles. The van der Waals surface area contributed by atoms with Crippen LogP contribution >= 0.6 is 0 Å². The topological polar surface area (TPSA) is 90.8 Å². The van der Waals surface area contributed by atoms with E-state index in [0.717, 1.165) is 37.1 Å². The molecule has 9 heteroatoms. The van der Waals surface area contributed by atoms with Gasteiger partial charge in [-0.3, -0.25) is 24.0 Å². The third kappa shape index (κ3) is 3.63. The number of amides is 3. The number of aromatic nitrogens is 2. The van der Waals surface area contributed by atoms with Gasteiger partial charge in [-0.05, 0) is 50.8 Å². The molecule has 0 radical (unpaired) electrons. The van der Waals surface area contributed by atoms with Crippen molar-refractivity contribution in [2.24, 2.45) is 5.92 Å². The summed E-state index contributed by atoms with van der Waals surface area (Å²) in [6.07, 6.45) is 8.28. The predicted octanol–water partition coefficient (Wildman–Crippen LogP) is 1.74. The van der Waals surface area contributed by atoms with E-state index in [4.69, 9.17) is 0 Å². The van der Waals surface area contributed by atoms with Crippen LogP contribution in [0.1, 0.15) is 44.1 Å². The molecule has 3 saturated heterocycles. The summed E-state index contributed by atoms with van der Waals surface area (Å²) in [6.45, 7) is 3.53. The van der Waals surface area contributed by atoms with E-state index in [-0.39, 0.29) is 29.7 Å². The van der Waals surface area contributed by atoms with Gasteiger partial charge in [-0.15, -0.1) is 0 Å². The average molecular weight is 491 g/mol. The van der Waals surface area contributed by atoms with Crippen molar-refractivity contribution < 1.29 is 14.4 Å². The SMILES string of the molecule is O=C1NCCCN(C(=O)CCCn2cccn2)CCN2C(=O)[C@@]3(c4ccccc42)[C@H]1C[C@@H]1CCCN13. The number of nitrogens with zero attached hydrogens (tertiary/aromatic N) is 5. The maximum atomic E-state index is 14.3. The summed E-state index contributed by atoms with van der Waals surface area (Å²) in [7, 11) is 0. The van der Waals surface area contributed by atoms with E-state index in [9.17, 15) is 14.4 Å². The van der Waals surface area contributed by atoms with Crippen LogP contribution in [-0.4, -0.2) is 76.1 Å². The highest BCUT2D eigenvalue weighted by Crippen LogP contribution is 2.56. The van der Waals surface area contributed by atoms with Gasteiger partial charge in [0.1, 0.15) is 5.54 Å². The fourth-order valence-electron chi connectivity index (χ4n) is 6.95. The van der Waals surface area contributed by atoms with Crippen molar-refractivity contribution in [3.63, 3.8) is 0 Å². The molecule has 6 rings (SSSR count). The number of hydrogen-bond acceptors (Lipinski definition) is 5. The molecule has 36 heavy (non-hydrogen) atoms. The van der Waals surface area contributed by atoms with Crippen LogP contribution in [0, 0.1) is 5.92 Å². The first kappa shape index (κ1) is 23.2. The Labute approximate surface area is 211 Å². The van der Waals surface area contributed by atoms with E-state index in [0.29, 0.717) is 52.0 Å². The molecule has 3 fully saturated rings. The minimum absolute atomic E-state index is 0.0000883. The van der Waals surface area contributed by atoms with Crippen molar-refractivity contribution >= 4 is 23.4 Å². The number of rotatable bonds is 4. The normalized spacial score (nSPS) is 28.2.